The van der Waals surface area contributed by atoms with Crippen molar-refractivity contribution in [3.05, 3.63) is 102 Å². The number of nitrogens with zero attached hydrogens (tertiary/aromatic N) is 2. The van der Waals surface area contributed by atoms with Crippen molar-refractivity contribution in [2.45, 2.75) is 12.5 Å². The molecule has 0 radical (unpaired) electrons. The van der Waals surface area contributed by atoms with Gasteiger partial charge in [0.15, 0.2) is 0 Å². The molecule has 0 fully saturated rings. The maximum absolute atomic E-state index is 13.1. The minimum Gasteiger partial charge on any atom is -0.497 e. The summed E-state index contributed by atoms with van der Waals surface area (Å²) in [6.45, 7) is 0.145. The molecule has 6 nitrogen and oxygen atoms in total. The van der Waals surface area contributed by atoms with Crippen LogP contribution >= 0.6 is 0 Å². The molecule has 0 spiro atoms. The highest BCUT2D eigenvalue weighted by Crippen LogP contribution is 2.25. The molecule has 6 heteroatoms. The predicted octanol–water partition coefficient (Wildman–Crippen LogP) is 4.19. The summed E-state index contributed by atoms with van der Waals surface area (Å²) >= 11 is 0. The maximum Gasteiger partial charge on any atom is 0.247 e. The first kappa shape index (κ1) is 19.4. The molecule has 1 amide bonds. The molecule has 0 bridgehead atoms. The Balaban J connectivity index is 1.50. The highest BCUT2D eigenvalue weighted by Gasteiger charge is 2.23. The van der Waals surface area contributed by atoms with Gasteiger partial charge in [0.2, 0.25) is 17.7 Å². The molecule has 1 aromatic heterocycles. The van der Waals surface area contributed by atoms with Crippen molar-refractivity contribution >= 4 is 5.91 Å². The van der Waals surface area contributed by atoms with Crippen LogP contribution in [0.25, 0.3) is 11.5 Å². The van der Waals surface area contributed by atoms with E-state index in [-0.39, 0.29) is 12.5 Å². The van der Waals surface area contributed by atoms with Gasteiger partial charge in [-0.2, -0.15) is 0 Å². The maximum atomic E-state index is 13.1. The van der Waals surface area contributed by atoms with E-state index in [0.717, 1.165) is 16.7 Å². The minimum absolute atomic E-state index is 0.131. The van der Waals surface area contributed by atoms with Crippen LogP contribution in [0, 0.1) is 0 Å². The van der Waals surface area contributed by atoms with Crippen molar-refractivity contribution in [3.63, 3.8) is 0 Å². The largest absolute Gasteiger partial charge is 0.497 e. The van der Waals surface area contributed by atoms with Gasteiger partial charge >= 0.3 is 0 Å². The second kappa shape index (κ2) is 9.05. The molecule has 0 aliphatic rings. The molecule has 1 N–H and O–H groups in total. The average Bonchev–Trinajstić information content (AvgIpc) is 3.29. The Bertz CT molecular complexity index is 1070. The average molecular weight is 399 g/mol. The van der Waals surface area contributed by atoms with Gasteiger partial charge in [-0.1, -0.05) is 66.7 Å². The van der Waals surface area contributed by atoms with E-state index in [0.29, 0.717) is 17.5 Å². The molecule has 3 aromatic carbocycles. The Hall–Kier alpha value is -3.93. The second-order valence-electron chi connectivity index (χ2n) is 6.71. The summed E-state index contributed by atoms with van der Waals surface area (Å²) in [5, 5.41) is 11.1. The Kier molecular flexibility index (Phi) is 5.85. The van der Waals surface area contributed by atoms with Crippen molar-refractivity contribution in [1.82, 2.24) is 15.5 Å². The number of amides is 1. The number of aromatic nitrogens is 2. The van der Waals surface area contributed by atoms with E-state index in [1.165, 1.54) is 0 Å². The van der Waals surface area contributed by atoms with Crippen LogP contribution in [-0.2, 0) is 11.3 Å². The zero-order valence-electron chi connectivity index (χ0n) is 16.5. The Labute approximate surface area is 174 Å². The fraction of sp³-hybridized carbons (Fsp3) is 0.125. The standard InChI is InChI=1S/C24H21N3O3/c1-29-20-14-8-13-19(15-20)24-27-26-21(30-24)16-25-23(28)22(17-9-4-2-5-10-17)18-11-6-3-7-12-18/h2-15,22H,16H2,1H3,(H,25,28). The Morgan fingerprint density at radius 2 is 1.60 bits per heavy atom. The third-order valence-electron chi connectivity index (χ3n) is 4.73. The van der Waals surface area contributed by atoms with Crippen molar-refractivity contribution in [3.8, 4) is 17.2 Å². The molecule has 0 saturated heterocycles. The van der Waals surface area contributed by atoms with E-state index in [4.69, 9.17) is 9.15 Å². The summed E-state index contributed by atoms with van der Waals surface area (Å²) in [6, 6.07) is 26.7. The molecule has 1 heterocycles. The number of rotatable bonds is 7. The van der Waals surface area contributed by atoms with Crippen LogP contribution in [0.5, 0.6) is 5.75 Å². The number of carbonyl (C=O) groups excluding carboxylic acids is 1. The molecule has 4 rings (SSSR count). The van der Waals surface area contributed by atoms with Gasteiger partial charge in [-0.15, -0.1) is 10.2 Å². The fourth-order valence-corrected chi connectivity index (χ4v) is 3.25. The van der Waals surface area contributed by atoms with E-state index >= 15 is 0 Å². The van der Waals surface area contributed by atoms with Gasteiger partial charge in [-0.3, -0.25) is 4.79 Å². The van der Waals surface area contributed by atoms with E-state index < -0.39 is 5.92 Å². The molecule has 30 heavy (non-hydrogen) atoms. The summed E-state index contributed by atoms with van der Waals surface area (Å²) in [5.41, 5.74) is 2.60. The molecule has 150 valence electrons. The van der Waals surface area contributed by atoms with Crippen molar-refractivity contribution < 1.29 is 13.9 Å². The van der Waals surface area contributed by atoms with Gasteiger partial charge in [-0.25, -0.2) is 0 Å². The summed E-state index contributed by atoms with van der Waals surface area (Å²) in [7, 11) is 1.60. The van der Waals surface area contributed by atoms with E-state index in [9.17, 15) is 4.79 Å². The van der Waals surface area contributed by atoms with Crippen molar-refractivity contribution in [2.75, 3.05) is 7.11 Å². The molecule has 0 aliphatic carbocycles. The smallest absolute Gasteiger partial charge is 0.247 e. The Morgan fingerprint density at radius 3 is 2.23 bits per heavy atom. The van der Waals surface area contributed by atoms with Gasteiger partial charge in [-0.05, 0) is 29.3 Å². The Morgan fingerprint density at radius 1 is 0.933 bits per heavy atom. The lowest BCUT2D eigenvalue weighted by molar-refractivity contribution is -0.122. The highest BCUT2D eigenvalue weighted by atomic mass is 16.5. The van der Waals surface area contributed by atoms with E-state index in [1.54, 1.807) is 7.11 Å². The molecular formula is C24H21N3O3. The molecule has 0 atom stereocenters. The van der Waals surface area contributed by atoms with Crippen LogP contribution in [0.3, 0.4) is 0 Å². The van der Waals surface area contributed by atoms with Crippen LogP contribution in [0.4, 0.5) is 0 Å². The van der Waals surface area contributed by atoms with Crippen LogP contribution in [0.2, 0.25) is 0 Å². The highest BCUT2D eigenvalue weighted by molar-refractivity contribution is 5.87. The number of ether oxygens (including phenoxy) is 1. The second-order valence-corrected chi connectivity index (χ2v) is 6.71. The molecule has 0 aliphatic heterocycles. The first-order valence-electron chi connectivity index (χ1n) is 9.59. The lowest BCUT2D eigenvalue weighted by Gasteiger charge is -2.17. The van der Waals surface area contributed by atoms with Gasteiger partial charge in [0.05, 0.1) is 19.6 Å². The summed E-state index contributed by atoms with van der Waals surface area (Å²) in [6.07, 6.45) is 0. The lowest BCUT2D eigenvalue weighted by Crippen LogP contribution is -2.29. The number of hydrogen-bond donors (Lipinski definition) is 1. The van der Waals surface area contributed by atoms with Gasteiger partial charge < -0.3 is 14.5 Å². The van der Waals surface area contributed by atoms with Gasteiger partial charge in [0, 0.05) is 5.56 Å². The molecule has 0 unspecified atom stereocenters. The fourth-order valence-electron chi connectivity index (χ4n) is 3.25. The number of carbonyl (C=O) groups is 1. The lowest BCUT2D eigenvalue weighted by atomic mass is 9.90. The summed E-state index contributed by atoms with van der Waals surface area (Å²) < 4.78 is 10.9. The predicted molar refractivity (Wildman–Crippen MR) is 113 cm³/mol. The summed E-state index contributed by atoms with van der Waals surface area (Å²) in [4.78, 5) is 13.1. The number of hydrogen-bond acceptors (Lipinski definition) is 5. The quantitative estimate of drug-likeness (QED) is 0.504. The number of benzene rings is 3. The summed E-state index contributed by atoms with van der Waals surface area (Å²) in [5.74, 6) is 0.859. The topological polar surface area (TPSA) is 77.3 Å². The van der Waals surface area contributed by atoms with E-state index in [1.807, 2.05) is 84.9 Å². The van der Waals surface area contributed by atoms with Crippen LogP contribution < -0.4 is 10.1 Å². The van der Waals surface area contributed by atoms with Crippen molar-refractivity contribution in [1.29, 1.82) is 0 Å². The zero-order valence-corrected chi connectivity index (χ0v) is 16.5. The first-order valence-corrected chi connectivity index (χ1v) is 9.59. The van der Waals surface area contributed by atoms with E-state index in [2.05, 4.69) is 15.5 Å². The number of methoxy groups -OCH3 is 1. The zero-order chi connectivity index (χ0) is 20.8. The third-order valence-corrected chi connectivity index (χ3v) is 4.73. The third kappa shape index (κ3) is 4.38. The SMILES string of the molecule is COc1cccc(-c2nnc(CNC(=O)C(c3ccccc3)c3ccccc3)o2)c1. The molecule has 4 aromatic rings. The van der Waals surface area contributed by atoms with Gasteiger partial charge in [0.1, 0.15) is 5.75 Å². The minimum atomic E-state index is -0.423. The normalized spacial score (nSPS) is 10.7. The van der Waals surface area contributed by atoms with Crippen LogP contribution in [0.15, 0.2) is 89.3 Å². The van der Waals surface area contributed by atoms with Crippen molar-refractivity contribution in [2.24, 2.45) is 0 Å². The van der Waals surface area contributed by atoms with Crippen LogP contribution in [-0.4, -0.2) is 23.2 Å². The molecular weight excluding hydrogens is 378 g/mol. The monoisotopic (exact) mass is 399 g/mol. The number of nitrogens with one attached hydrogen (secondary N) is 1. The first-order chi connectivity index (χ1) is 14.7. The van der Waals surface area contributed by atoms with Gasteiger partial charge in [0.25, 0.3) is 0 Å². The van der Waals surface area contributed by atoms with Crippen LogP contribution in [0.1, 0.15) is 22.9 Å². The molecule has 0 saturated carbocycles.